The molecule has 0 spiro atoms. The van der Waals surface area contributed by atoms with Gasteiger partial charge in [0.25, 0.3) is 0 Å². The molecule has 2 N–H and O–H groups in total. The molecule has 0 bridgehead atoms. The zero-order valence-electron chi connectivity index (χ0n) is 11.4. The number of aryl methyl sites for hydroxylation is 1. The highest BCUT2D eigenvalue weighted by molar-refractivity contribution is 5.65. The third kappa shape index (κ3) is 2.02. The van der Waals surface area contributed by atoms with Crippen molar-refractivity contribution in [3.8, 4) is 17.0 Å². The van der Waals surface area contributed by atoms with Gasteiger partial charge in [-0.15, -0.1) is 0 Å². The summed E-state index contributed by atoms with van der Waals surface area (Å²) in [5, 5.41) is 0. The molecule has 1 aliphatic heterocycles. The van der Waals surface area contributed by atoms with Crippen LogP contribution in [0, 0.1) is 6.92 Å². The van der Waals surface area contributed by atoms with E-state index in [2.05, 4.69) is 41.7 Å². The number of ether oxygens (including phenoxy) is 1. The number of hydrogen-bond donors (Lipinski definition) is 1. The summed E-state index contributed by atoms with van der Waals surface area (Å²) >= 11 is 0. The summed E-state index contributed by atoms with van der Waals surface area (Å²) < 4.78 is 7.71. The largest absolute Gasteiger partial charge is 0.493 e. The molecule has 1 aromatic heterocycles. The summed E-state index contributed by atoms with van der Waals surface area (Å²) in [5.41, 5.74) is 10.4. The summed E-state index contributed by atoms with van der Waals surface area (Å²) in [5.74, 6) is 2.07. The monoisotopic (exact) mass is 257 g/mol. The summed E-state index contributed by atoms with van der Waals surface area (Å²) in [6.45, 7) is 3.47. The van der Waals surface area contributed by atoms with E-state index < -0.39 is 0 Å². The molecule has 3 rings (SSSR count). The predicted octanol–water partition coefficient (Wildman–Crippen LogP) is 1.83. The fourth-order valence-corrected chi connectivity index (χ4v) is 2.78. The molecule has 0 unspecified atom stereocenters. The van der Waals surface area contributed by atoms with Gasteiger partial charge in [-0.1, -0.05) is 0 Å². The molecule has 100 valence electrons. The summed E-state index contributed by atoms with van der Waals surface area (Å²) in [6, 6.07) is 6.39. The third-order valence-electron chi connectivity index (χ3n) is 3.69. The van der Waals surface area contributed by atoms with Crippen molar-refractivity contribution >= 4 is 0 Å². The predicted molar refractivity (Wildman–Crippen MR) is 75.3 cm³/mol. The Morgan fingerprint density at radius 3 is 3.05 bits per heavy atom. The van der Waals surface area contributed by atoms with Crippen LogP contribution in [0.25, 0.3) is 11.3 Å². The lowest BCUT2D eigenvalue weighted by Crippen LogP contribution is -2.08. The fraction of sp³-hybridized carbons (Fsp3) is 0.400. The zero-order valence-corrected chi connectivity index (χ0v) is 11.4. The summed E-state index contributed by atoms with van der Waals surface area (Å²) in [6.07, 6.45) is 1.81. The summed E-state index contributed by atoms with van der Waals surface area (Å²) in [4.78, 5) is 4.62. The first kappa shape index (κ1) is 12.2. The van der Waals surface area contributed by atoms with Gasteiger partial charge in [-0.25, -0.2) is 4.98 Å². The lowest BCUT2D eigenvalue weighted by molar-refractivity contribution is 0.357. The van der Waals surface area contributed by atoms with E-state index >= 15 is 0 Å². The molecule has 4 nitrogen and oxygen atoms in total. The Bertz CT molecular complexity index is 616. The molecule has 19 heavy (non-hydrogen) atoms. The number of nitrogens with zero attached hydrogens (tertiary/aromatic N) is 2. The van der Waals surface area contributed by atoms with Crippen molar-refractivity contribution in [2.45, 2.75) is 19.8 Å². The van der Waals surface area contributed by atoms with Crippen LogP contribution in [0.5, 0.6) is 5.75 Å². The number of nitrogens with two attached hydrogens (primary N) is 1. The van der Waals surface area contributed by atoms with E-state index in [-0.39, 0.29) is 0 Å². The first-order chi connectivity index (χ1) is 9.20. The zero-order chi connectivity index (χ0) is 13.4. The van der Waals surface area contributed by atoms with Crippen molar-refractivity contribution in [1.82, 2.24) is 9.55 Å². The van der Waals surface area contributed by atoms with E-state index in [1.54, 1.807) is 0 Å². The van der Waals surface area contributed by atoms with Gasteiger partial charge in [0.05, 0.1) is 18.0 Å². The molecule has 2 aromatic rings. The molecule has 1 aromatic carbocycles. The molecule has 0 radical (unpaired) electrons. The van der Waals surface area contributed by atoms with Gasteiger partial charge in [0.2, 0.25) is 0 Å². The Balaban J connectivity index is 2.07. The van der Waals surface area contributed by atoms with Crippen LogP contribution in [0.15, 0.2) is 18.2 Å². The lowest BCUT2D eigenvalue weighted by Gasteiger charge is -2.08. The highest BCUT2D eigenvalue weighted by Crippen LogP contribution is 2.32. The van der Waals surface area contributed by atoms with Crippen molar-refractivity contribution in [1.29, 1.82) is 0 Å². The van der Waals surface area contributed by atoms with Crippen LogP contribution >= 0.6 is 0 Å². The maximum Gasteiger partial charge on any atom is 0.122 e. The number of imidazole rings is 1. The van der Waals surface area contributed by atoms with E-state index in [1.165, 1.54) is 16.8 Å². The smallest absolute Gasteiger partial charge is 0.122 e. The first-order valence-electron chi connectivity index (χ1n) is 6.69. The Kier molecular flexibility index (Phi) is 3.03. The van der Waals surface area contributed by atoms with Gasteiger partial charge in [-0.2, -0.15) is 0 Å². The average Bonchev–Trinajstić information content (AvgIpc) is 2.95. The number of benzene rings is 1. The Morgan fingerprint density at radius 2 is 2.26 bits per heavy atom. The van der Waals surface area contributed by atoms with Crippen LogP contribution in [0.3, 0.4) is 0 Å². The standard InChI is InChI=1S/C15H19N3O/c1-10-15(18(2)14(17-10)5-7-16)12-3-4-13-11(9-12)6-8-19-13/h3-4,9H,5-8,16H2,1-2H3. The van der Waals surface area contributed by atoms with Crippen molar-refractivity contribution in [3.05, 3.63) is 35.3 Å². The van der Waals surface area contributed by atoms with Crippen LogP contribution in [-0.4, -0.2) is 22.7 Å². The van der Waals surface area contributed by atoms with Crippen molar-refractivity contribution in [2.24, 2.45) is 12.8 Å². The van der Waals surface area contributed by atoms with E-state index in [0.717, 1.165) is 36.7 Å². The van der Waals surface area contributed by atoms with Crippen LogP contribution in [-0.2, 0) is 19.9 Å². The second kappa shape index (κ2) is 4.70. The minimum absolute atomic E-state index is 0.627. The molecule has 0 saturated carbocycles. The van der Waals surface area contributed by atoms with E-state index in [9.17, 15) is 0 Å². The number of hydrogen-bond acceptors (Lipinski definition) is 3. The van der Waals surface area contributed by atoms with Gasteiger partial charge in [-0.05, 0) is 37.2 Å². The Hall–Kier alpha value is -1.81. The molecule has 0 atom stereocenters. The fourth-order valence-electron chi connectivity index (χ4n) is 2.78. The lowest BCUT2D eigenvalue weighted by atomic mass is 10.1. The van der Waals surface area contributed by atoms with E-state index in [0.29, 0.717) is 6.54 Å². The van der Waals surface area contributed by atoms with Crippen molar-refractivity contribution in [3.63, 3.8) is 0 Å². The minimum atomic E-state index is 0.627. The highest BCUT2D eigenvalue weighted by Gasteiger charge is 2.17. The van der Waals surface area contributed by atoms with Crippen LogP contribution in [0.1, 0.15) is 17.1 Å². The quantitative estimate of drug-likeness (QED) is 0.912. The van der Waals surface area contributed by atoms with E-state index in [4.69, 9.17) is 10.5 Å². The molecular weight excluding hydrogens is 238 g/mol. The van der Waals surface area contributed by atoms with Crippen molar-refractivity contribution < 1.29 is 4.74 Å². The molecule has 0 aliphatic carbocycles. The molecule has 0 amide bonds. The average molecular weight is 257 g/mol. The Morgan fingerprint density at radius 1 is 1.42 bits per heavy atom. The molecule has 4 heteroatoms. The van der Waals surface area contributed by atoms with Gasteiger partial charge in [0.15, 0.2) is 0 Å². The van der Waals surface area contributed by atoms with Gasteiger partial charge >= 0.3 is 0 Å². The Labute approximate surface area is 113 Å². The molecule has 2 heterocycles. The second-order valence-electron chi connectivity index (χ2n) is 4.98. The number of aromatic nitrogens is 2. The summed E-state index contributed by atoms with van der Waals surface area (Å²) in [7, 11) is 2.06. The molecule has 0 fully saturated rings. The van der Waals surface area contributed by atoms with Crippen LogP contribution in [0.2, 0.25) is 0 Å². The van der Waals surface area contributed by atoms with Gasteiger partial charge in [-0.3, -0.25) is 0 Å². The molecule has 0 saturated heterocycles. The van der Waals surface area contributed by atoms with E-state index in [1.807, 2.05) is 0 Å². The maximum atomic E-state index is 5.63. The van der Waals surface area contributed by atoms with Gasteiger partial charge < -0.3 is 15.0 Å². The molecular formula is C15H19N3O. The number of rotatable bonds is 3. The van der Waals surface area contributed by atoms with Gasteiger partial charge in [0, 0.05) is 25.5 Å². The second-order valence-corrected chi connectivity index (χ2v) is 4.98. The topological polar surface area (TPSA) is 53.1 Å². The van der Waals surface area contributed by atoms with Crippen LogP contribution < -0.4 is 10.5 Å². The SMILES string of the molecule is Cc1nc(CCN)n(C)c1-c1ccc2c(c1)CCO2. The normalized spacial score (nSPS) is 13.4. The highest BCUT2D eigenvalue weighted by atomic mass is 16.5. The minimum Gasteiger partial charge on any atom is -0.493 e. The maximum absolute atomic E-state index is 5.63. The van der Waals surface area contributed by atoms with Gasteiger partial charge in [0.1, 0.15) is 11.6 Å². The number of fused-ring (bicyclic) bond motifs is 1. The third-order valence-corrected chi connectivity index (χ3v) is 3.69. The van der Waals surface area contributed by atoms with Crippen LogP contribution in [0.4, 0.5) is 0 Å². The van der Waals surface area contributed by atoms with Crippen molar-refractivity contribution in [2.75, 3.05) is 13.2 Å². The molecule has 1 aliphatic rings. The first-order valence-corrected chi connectivity index (χ1v) is 6.69.